The third-order valence-electron chi connectivity index (χ3n) is 3.83. The summed E-state index contributed by atoms with van der Waals surface area (Å²) in [7, 11) is 1.61. The number of thiophene rings is 2. The molecule has 1 atom stereocenters. The lowest BCUT2D eigenvalue weighted by molar-refractivity contribution is 0.176. The van der Waals surface area contributed by atoms with Crippen LogP contribution in [-0.4, -0.2) is 24.8 Å². The minimum Gasteiger partial charge on any atom is -0.497 e. The van der Waals surface area contributed by atoms with Gasteiger partial charge in [0.25, 0.3) is 0 Å². The van der Waals surface area contributed by atoms with Crippen molar-refractivity contribution in [3.05, 3.63) is 63.7 Å². The monoisotopic (exact) mass is 388 g/mol. The van der Waals surface area contributed by atoms with E-state index in [2.05, 4.69) is 22.1 Å². The van der Waals surface area contributed by atoms with Gasteiger partial charge in [-0.05, 0) is 46.7 Å². The van der Waals surface area contributed by atoms with Crippen LogP contribution in [0.15, 0.2) is 53.2 Å². The van der Waals surface area contributed by atoms with Crippen molar-refractivity contribution in [3.63, 3.8) is 0 Å². The molecule has 2 amide bonds. The van der Waals surface area contributed by atoms with Crippen molar-refractivity contribution in [1.29, 1.82) is 0 Å². The highest BCUT2D eigenvalue weighted by atomic mass is 32.1. The molecule has 5 nitrogen and oxygen atoms in total. The van der Waals surface area contributed by atoms with Crippen molar-refractivity contribution in [1.82, 2.24) is 10.6 Å². The first-order chi connectivity index (χ1) is 12.7. The Morgan fingerprint density at radius 2 is 1.96 bits per heavy atom. The number of ether oxygens (including phenoxy) is 1. The fraction of sp³-hybridized carbons (Fsp3) is 0.211. The molecule has 0 aliphatic carbocycles. The number of aliphatic hydroxyl groups excluding tert-OH is 1. The van der Waals surface area contributed by atoms with E-state index in [0.717, 1.165) is 26.6 Å². The van der Waals surface area contributed by atoms with Gasteiger partial charge in [-0.15, -0.1) is 11.3 Å². The number of amides is 2. The molecule has 1 unspecified atom stereocenters. The van der Waals surface area contributed by atoms with Gasteiger partial charge in [0, 0.05) is 21.9 Å². The van der Waals surface area contributed by atoms with E-state index in [9.17, 15) is 9.90 Å². The van der Waals surface area contributed by atoms with Crippen LogP contribution in [0.1, 0.15) is 16.5 Å². The maximum Gasteiger partial charge on any atom is 0.315 e. The summed E-state index contributed by atoms with van der Waals surface area (Å²) in [5, 5.41) is 19.9. The molecular weight excluding hydrogens is 368 g/mol. The lowest BCUT2D eigenvalue weighted by atomic mass is 10.2. The number of benzene rings is 1. The first-order valence-electron chi connectivity index (χ1n) is 8.10. The predicted octanol–water partition coefficient (Wildman–Crippen LogP) is 4.02. The van der Waals surface area contributed by atoms with Gasteiger partial charge in [-0.25, -0.2) is 4.79 Å². The van der Waals surface area contributed by atoms with Gasteiger partial charge in [0.15, 0.2) is 0 Å². The molecule has 0 aliphatic rings. The summed E-state index contributed by atoms with van der Waals surface area (Å²) in [5.74, 6) is 0.777. The topological polar surface area (TPSA) is 70.6 Å². The van der Waals surface area contributed by atoms with Gasteiger partial charge in [-0.2, -0.15) is 11.3 Å². The zero-order valence-corrected chi connectivity index (χ0v) is 15.9. The van der Waals surface area contributed by atoms with Crippen LogP contribution in [0.4, 0.5) is 4.79 Å². The summed E-state index contributed by atoms with van der Waals surface area (Å²) in [5.41, 5.74) is 2.13. The number of nitrogens with one attached hydrogen (secondary N) is 2. The second kappa shape index (κ2) is 8.84. The molecule has 3 N–H and O–H groups in total. The minimum absolute atomic E-state index is 0.165. The maximum absolute atomic E-state index is 11.9. The van der Waals surface area contributed by atoms with Crippen molar-refractivity contribution in [3.8, 4) is 16.2 Å². The van der Waals surface area contributed by atoms with E-state index < -0.39 is 6.10 Å². The van der Waals surface area contributed by atoms with Crippen LogP contribution >= 0.6 is 22.7 Å². The molecular formula is C19H20N2O3S2. The predicted molar refractivity (Wildman–Crippen MR) is 106 cm³/mol. The third-order valence-corrected chi connectivity index (χ3v) is 5.75. The molecule has 136 valence electrons. The molecule has 2 heterocycles. The summed E-state index contributed by atoms with van der Waals surface area (Å²) >= 11 is 3.18. The average molecular weight is 389 g/mol. The summed E-state index contributed by atoms with van der Waals surface area (Å²) in [6.45, 7) is 0.575. The summed E-state index contributed by atoms with van der Waals surface area (Å²) in [6, 6.07) is 13.1. The van der Waals surface area contributed by atoms with Crippen molar-refractivity contribution in [2.75, 3.05) is 13.7 Å². The molecule has 3 aromatic rings. The Kier molecular flexibility index (Phi) is 6.27. The smallest absolute Gasteiger partial charge is 0.315 e. The van der Waals surface area contributed by atoms with E-state index in [1.165, 1.54) is 11.3 Å². The van der Waals surface area contributed by atoms with Crippen molar-refractivity contribution < 1.29 is 14.6 Å². The van der Waals surface area contributed by atoms with E-state index in [-0.39, 0.29) is 12.6 Å². The Labute approximate surface area is 160 Å². The largest absolute Gasteiger partial charge is 0.497 e. The van der Waals surface area contributed by atoms with Crippen molar-refractivity contribution in [2.45, 2.75) is 12.6 Å². The normalized spacial score (nSPS) is 11.8. The van der Waals surface area contributed by atoms with E-state index in [1.54, 1.807) is 18.4 Å². The highest BCUT2D eigenvalue weighted by Crippen LogP contribution is 2.32. The molecule has 3 rings (SSSR count). The average Bonchev–Trinajstić information content (AvgIpc) is 3.36. The van der Waals surface area contributed by atoms with Crippen LogP contribution in [0.25, 0.3) is 10.4 Å². The molecule has 0 saturated heterocycles. The molecule has 0 bridgehead atoms. The van der Waals surface area contributed by atoms with Crippen LogP contribution in [-0.2, 0) is 6.54 Å². The Morgan fingerprint density at radius 1 is 1.15 bits per heavy atom. The second-order valence-corrected chi connectivity index (χ2v) is 7.54. The van der Waals surface area contributed by atoms with Gasteiger partial charge in [0.05, 0.1) is 13.7 Å². The lowest BCUT2D eigenvalue weighted by Crippen LogP contribution is -2.37. The summed E-state index contributed by atoms with van der Waals surface area (Å²) < 4.78 is 5.10. The van der Waals surface area contributed by atoms with Gasteiger partial charge < -0.3 is 20.5 Å². The quantitative estimate of drug-likeness (QED) is 0.573. The Balaban J connectivity index is 1.45. The maximum atomic E-state index is 11.9. The first kappa shape index (κ1) is 18.4. The van der Waals surface area contributed by atoms with E-state index >= 15 is 0 Å². The van der Waals surface area contributed by atoms with Crippen LogP contribution in [0, 0.1) is 0 Å². The molecule has 0 aliphatic heterocycles. The van der Waals surface area contributed by atoms with Crippen LogP contribution < -0.4 is 15.4 Å². The molecule has 26 heavy (non-hydrogen) atoms. The highest BCUT2D eigenvalue weighted by molar-refractivity contribution is 7.16. The fourth-order valence-corrected chi connectivity index (χ4v) is 4.09. The lowest BCUT2D eigenvalue weighted by Gasteiger charge is -2.11. The van der Waals surface area contributed by atoms with Gasteiger partial charge in [-0.3, -0.25) is 0 Å². The number of hydrogen-bond donors (Lipinski definition) is 3. The zero-order chi connectivity index (χ0) is 18.4. The molecule has 1 aromatic carbocycles. The van der Waals surface area contributed by atoms with Crippen LogP contribution in [0.3, 0.4) is 0 Å². The van der Waals surface area contributed by atoms with Gasteiger partial charge in [0.2, 0.25) is 0 Å². The Morgan fingerprint density at radius 3 is 2.65 bits per heavy atom. The standard InChI is InChI=1S/C19H20N2O3S2/c1-24-15-4-2-13(3-5-15)10-20-19(23)21-11-16(22)18-7-6-17(26-18)14-8-9-25-12-14/h2-9,12,16,22H,10-11H2,1H3,(H2,20,21,23). The minimum atomic E-state index is -0.723. The Bertz CT molecular complexity index is 829. The number of rotatable bonds is 7. The number of aliphatic hydroxyl groups is 1. The summed E-state index contributed by atoms with van der Waals surface area (Å²) in [6.07, 6.45) is -0.723. The number of urea groups is 1. The molecule has 0 spiro atoms. The van der Waals surface area contributed by atoms with E-state index in [0.29, 0.717) is 6.54 Å². The van der Waals surface area contributed by atoms with Crippen molar-refractivity contribution >= 4 is 28.7 Å². The molecule has 2 aromatic heterocycles. The fourth-order valence-electron chi connectivity index (χ4n) is 2.37. The Hall–Kier alpha value is -2.35. The number of hydrogen-bond acceptors (Lipinski definition) is 5. The van der Waals surface area contributed by atoms with E-state index in [1.807, 2.05) is 41.8 Å². The first-order valence-corrected chi connectivity index (χ1v) is 9.86. The highest BCUT2D eigenvalue weighted by Gasteiger charge is 2.13. The van der Waals surface area contributed by atoms with Gasteiger partial charge in [-0.1, -0.05) is 12.1 Å². The molecule has 0 fully saturated rings. The van der Waals surface area contributed by atoms with E-state index in [4.69, 9.17) is 4.74 Å². The number of carbonyl (C=O) groups excluding carboxylic acids is 1. The second-order valence-electron chi connectivity index (χ2n) is 5.64. The summed E-state index contributed by atoms with van der Waals surface area (Å²) in [4.78, 5) is 13.9. The third kappa shape index (κ3) is 4.85. The number of carbonyl (C=O) groups is 1. The van der Waals surface area contributed by atoms with Crippen LogP contribution in [0.5, 0.6) is 5.75 Å². The van der Waals surface area contributed by atoms with Gasteiger partial charge in [0.1, 0.15) is 11.9 Å². The SMILES string of the molecule is COc1ccc(CNC(=O)NCC(O)c2ccc(-c3ccsc3)s2)cc1. The van der Waals surface area contributed by atoms with Gasteiger partial charge >= 0.3 is 6.03 Å². The van der Waals surface area contributed by atoms with Crippen LogP contribution in [0.2, 0.25) is 0 Å². The number of methoxy groups -OCH3 is 1. The molecule has 7 heteroatoms. The zero-order valence-electron chi connectivity index (χ0n) is 14.3. The molecule has 0 saturated carbocycles. The van der Waals surface area contributed by atoms with Crippen molar-refractivity contribution in [2.24, 2.45) is 0 Å². The molecule has 0 radical (unpaired) electrons.